The summed E-state index contributed by atoms with van der Waals surface area (Å²) >= 11 is 11.6. The van der Waals surface area contributed by atoms with Crippen LogP contribution >= 0.6 is 23.2 Å². The third-order valence-corrected chi connectivity index (χ3v) is 2.73. The lowest BCUT2D eigenvalue weighted by Crippen LogP contribution is -1.98. The van der Waals surface area contributed by atoms with E-state index in [-0.39, 0.29) is 16.5 Å². The number of aromatic nitrogens is 1. The highest BCUT2D eigenvalue weighted by molar-refractivity contribution is 6.32. The van der Waals surface area contributed by atoms with Crippen LogP contribution in [0.3, 0.4) is 0 Å². The molecule has 1 aromatic carbocycles. The second-order valence-electron chi connectivity index (χ2n) is 3.38. The Kier molecular flexibility index (Phi) is 3.64. The zero-order valence-electron chi connectivity index (χ0n) is 8.93. The highest BCUT2D eigenvalue weighted by Crippen LogP contribution is 2.32. The molecule has 7 heteroatoms. The van der Waals surface area contributed by atoms with E-state index in [1.165, 1.54) is 12.3 Å². The number of nitrogens with one attached hydrogen (secondary N) is 1. The molecule has 0 spiro atoms. The number of halogens is 2. The van der Waals surface area contributed by atoms with E-state index < -0.39 is 4.92 Å². The van der Waals surface area contributed by atoms with Crippen LogP contribution in [0.2, 0.25) is 10.2 Å². The second kappa shape index (κ2) is 5.20. The van der Waals surface area contributed by atoms with Gasteiger partial charge in [0, 0.05) is 23.0 Å². The summed E-state index contributed by atoms with van der Waals surface area (Å²) in [5.74, 6) is 0. The van der Waals surface area contributed by atoms with Gasteiger partial charge in [-0.2, -0.15) is 0 Å². The summed E-state index contributed by atoms with van der Waals surface area (Å²) in [6.45, 7) is 0. The molecule has 0 aliphatic rings. The Labute approximate surface area is 113 Å². The number of nitro groups is 1. The number of rotatable bonds is 3. The van der Waals surface area contributed by atoms with Gasteiger partial charge in [0.1, 0.15) is 0 Å². The minimum Gasteiger partial charge on any atom is -0.347 e. The summed E-state index contributed by atoms with van der Waals surface area (Å²) in [6.07, 6.45) is 1.29. The smallest absolute Gasteiger partial charge is 0.297 e. The van der Waals surface area contributed by atoms with Gasteiger partial charge in [-0.25, -0.2) is 4.98 Å². The Bertz CT molecular complexity index is 587. The van der Waals surface area contributed by atoms with E-state index in [4.69, 9.17) is 23.2 Å². The quantitative estimate of drug-likeness (QED) is 0.524. The van der Waals surface area contributed by atoms with Gasteiger partial charge >= 0.3 is 0 Å². The van der Waals surface area contributed by atoms with Crippen LogP contribution < -0.4 is 5.32 Å². The average molecular weight is 284 g/mol. The summed E-state index contributed by atoms with van der Waals surface area (Å²) in [6, 6.07) is 7.99. The minimum atomic E-state index is -0.522. The molecular formula is C11H7Cl2N3O2. The van der Waals surface area contributed by atoms with Crippen LogP contribution in [0.5, 0.6) is 0 Å². The number of anilines is 2. The van der Waals surface area contributed by atoms with E-state index in [9.17, 15) is 10.1 Å². The first-order valence-electron chi connectivity index (χ1n) is 4.89. The highest BCUT2D eigenvalue weighted by atomic mass is 35.5. The maximum Gasteiger partial charge on any atom is 0.297 e. The molecule has 0 saturated carbocycles. The molecule has 0 aliphatic heterocycles. The topological polar surface area (TPSA) is 68.1 Å². The first kappa shape index (κ1) is 12.6. The fourth-order valence-corrected chi connectivity index (χ4v) is 1.70. The summed E-state index contributed by atoms with van der Waals surface area (Å²) < 4.78 is 0. The van der Waals surface area contributed by atoms with Gasteiger partial charge in [-0.15, -0.1) is 0 Å². The summed E-state index contributed by atoms with van der Waals surface area (Å²) in [5.41, 5.74) is 0.661. The molecule has 0 unspecified atom stereocenters. The van der Waals surface area contributed by atoms with Gasteiger partial charge in [0.2, 0.25) is 0 Å². The van der Waals surface area contributed by atoms with Gasteiger partial charge in [0.15, 0.2) is 10.8 Å². The predicted octanol–water partition coefficient (Wildman–Crippen LogP) is 4.04. The lowest BCUT2D eigenvalue weighted by molar-refractivity contribution is -0.384. The second-order valence-corrected chi connectivity index (χ2v) is 4.18. The monoisotopic (exact) mass is 283 g/mol. The van der Waals surface area contributed by atoms with Crippen LogP contribution in [0.15, 0.2) is 36.5 Å². The largest absolute Gasteiger partial charge is 0.347 e. The molecule has 0 atom stereocenters. The molecule has 1 heterocycles. The van der Waals surface area contributed by atoms with E-state index in [0.717, 1.165) is 0 Å². The maximum absolute atomic E-state index is 10.9. The molecule has 2 rings (SSSR count). The van der Waals surface area contributed by atoms with Crippen molar-refractivity contribution in [2.24, 2.45) is 0 Å². The van der Waals surface area contributed by atoms with Crippen molar-refractivity contribution in [1.29, 1.82) is 0 Å². The third-order valence-electron chi connectivity index (χ3n) is 2.19. The van der Waals surface area contributed by atoms with Crippen molar-refractivity contribution in [2.45, 2.75) is 0 Å². The van der Waals surface area contributed by atoms with Crippen molar-refractivity contribution in [2.75, 3.05) is 5.32 Å². The molecule has 18 heavy (non-hydrogen) atoms. The van der Waals surface area contributed by atoms with Crippen LogP contribution in [0.1, 0.15) is 0 Å². The Morgan fingerprint density at radius 3 is 2.44 bits per heavy atom. The average Bonchev–Trinajstić information content (AvgIpc) is 2.34. The molecule has 0 radical (unpaired) electrons. The molecular weight excluding hydrogens is 277 g/mol. The summed E-state index contributed by atoms with van der Waals surface area (Å²) in [7, 11) is 0. The van der Waals surface area contributed by atoms with E-state index in [1.807, 2.05) is 0 Å². The molecule has 92 valence electrons. The van der Waals surface area contributed by atoms with E-state index >= 15 is 0 Å². The van der Waals surface area contributed by atoms with Gasteiger partial charge < -0.3 is 5.32 Å². The van der Waals surface area contributed by atoms with Crippen LogP contribution in [-0.2, 0) is 0 Å². The molecule has 1 aromatic heterocycles. The Balaban J connectivity index is 2.39. The number of hydrogen-bond acceptors (Lipinski definition) is 4. The first-order valence-corrected chi connectivity index (χ1v) is 5.65. The molecule has 0 bridgehead atoms. The van der Waals surface area contributed by atoms with Gasteiger partial charge in [0.25, 0.3) is 5.69 Å². The van der Waals surface area contributed by atoms with Crippen molar-refractivity contribution < 1.29 is 4.92 Å². The lowest BCUT2D eigenvalue weighted by Gasteiger charge is -2.08. The fourth-order valence-electron chi connectivity index (χ4n) is 1.37. The van der Waals surface area contributed by atoms with Gasteiger partial charge in [0.05, 0.1) is 4.92 Å². The Hall–Kier alpha value is -1.85. The SMILES string of the molecule is O=[N+]([O-])c1ccnc(Cl)c1Nc1ccc(Cl)cc1. The zero-order chi connectivity index (χ0) is 13.1. The molecule has 5 nitrogen and oxygen atoms in total. The Morgan fingerprint density at radius 2 is 1.83 bits per heavy atom. The van der Waals surface area contributed by atoms with Gasteiger partial charge in [-0.05, 0) is 24.3 Å². The zero-order valence-corrected chi connectivity index (χ0v) is 10.4. The maximum atomic E-state index is 10.9. The molecule has 2 aromatic rings. The minimum absolute atomic E-state index is 0.0409. The third kappa shape index (κ3) is 2.69. The van der Waals surface area contributed by atoms with E-state index in [1.54, 1.807) is 24.3 Å². The fraction of sp³-hybridized carbons (Fsp3) is 0. The number of nitrogens with zero attached hydrogens (tertiary/aromatic N) is 2. The van der Waals surface area contributed by atoms with Crippen LogP contribution in [0.4, 0.5) is 17.1 Å². The Morgan fingerprint density at radius 1 is 1.17 bits per heavy atom. The van der Waals surface area contributed by atoms with Gasteiger partial charge in [-0.3, -0.25) is 10.1 Å². The van der Waals surface area contributed by atoms with Crippen molar-refractivity contribution >= 4 is 40.3 Å². The van der Waals surface area contributed by atoms with Crippen molar-refractivity contribution in [1.82, 2.24) is 4.98 Å². The molecule has 0 saturated heterocycles. The van der Waals surface area contributed by atoms with Crippen molar-refractivity contribution in [3.8, 4) is 0 Å². The van der Waals surface area contributed by atoms with Crippen LogP contribution in [0, 0.1) is 10.1 Å². The van der Waals surface area contributed by atoms with E-state index in [0.29, 0.717) is 10.7 Å². The van der Waals surface area contributed by atoms with Gasteiger partial charge in [-0.1, -0.05) is 23.2 Å². The number of pyridine rings is 1. The molecule has 1 N–H and O–H groups in total. The number of hydrogen-bond donors (Lipinski definition) is 1. The highest BCUT2D eigenvalue weighted by Gasteiger charge is 2.17. The first-order chi connectivity index (χ1) is 8.58. The standard InChI is InChI=1S/C11H7Cl2N3O2/c12-7-1-3-8(4-2-7)15-10-9(16(17)18)5-6-14-11(10)13/h1-6,15H. The molecule has 0 aliphatic carbocycles. The molecule has 0 fully saturated rings. The predicted molar refractivity (Wildman–Crippen MR) is 70.6 cm³/mol. The summed E-state index contributed by atoms with van der Waals surface area (Å²) in [4.78, 5) is 14.2. The molecule has 0 amide bonds. The van der Waals surface area contributed by atoms with Crippen molar-refractivity contribution in [3.05, 3.63) is 56.8 Å². The van der Waals surface area contributed by atoms with E-state index in [2.05, 4.69) is 10.3 Å². The normalized spacial score (nSPS) is 10.1. The summed E-state index contributed by atoms with van der Waals surface area (Å²) in [5, 5.41) is 14.3. The number of benzene rings is 1. The van der Waals surface area contributed by atoms with Crippen LogP contribution in [0.25, 0.3) is 0 Å². The van der Waals surface area contributed by atoms with Crippen LogP contribution in [-0.4, -0.2) is 9.91 Å². The van der Waals surface area contributed by atoms with Crippen molar-refractivity contribution in [3.63, 3.8) is 0 Å². The lowest BCUT2D eigenvalue weighted by atomic mass is 10.3.